The monoisotopic (exact) mass is 411 g/mol. The van der Waals surface area contributed by atoms with E-state index in [1.165, 1.54) is 22.3 Å². The Labute approximate surface area is 182 Å². The molecule has 0 radical (unpaired) electrons. The van der Waals surface area contributed by atoms with E-state index in [0.717, 1.165) is 22.4 Å². The van der Waals surface area contributed by atoms with Gasteiger partial charge in [0.25, 0.3) is 0 Å². The standard InChI is InChI=1S/C26H25N3O2/c1-16-5-4-6-18(9-16)17(2)29-15-22-11-23-21(10-20(22)12-25(29)30)14-28-26(23)19-7-8-24(31-3)27-13-19/h4-11,13,17H,12,14-15H2,1-3H3/t17-/m1/s1. The highest BCUT2D eigenvalue weighted by molar-refractivity contribution is 6.15. The van der Waals surface area contributed by atoms with Gasteiger partial charge in [0.15, 0.2) is 0 Å². The molecular formula is C26H25N3O2. The molecule has 2 aromatic carbocycles. The smallest absolute Gasteiger partial charge is 0.227 e. The number of hydrogen-bond acceptors (Lipinski definition) is 4. The molecule has 0 spiro atoms. The summed E-state index contributed by atoms with van der Waals surface area (Å²) in [5.41, 5.74) is 8.97. The van der Waals surface area contributed by atoms with Gasteiger partial charge in [-0.25, -0.2) is 4.98 Å². The summed E-state index contributed by atoms with van der Waals surface area (Å²) in [7, 11) is 1.61. The molecule has 0 N–H and O–H groups in total. The van der Waals surface area contributed by atoms with Gasteiger partial charge in [0.2, 0.25) is 11.8 Å². The number of benzene rings is 2. The summed E-state index contributed by atoms with van der Waals surface area (Å²) in [6, 6.07) is 16.7. The fourth-order valence-electron chi connectivity index (χ4n) is 4.54. The van der Waals surface area contributed by atoms with E-state index in [1.807, 2.05) is 23.2 Å². The maximum atomic E-state index is 13.0. The van der Waals surface area contributed by atoms with Crippen molar-refractivity contribution < 1.29 is 9.53 Å². The Morgan fingerprint density at radius 2 is 1.94 bits per heavy atom. The number of methoxy groups -OCH3 is 1. The summed E-state index contributed by atoms with van der Waals surface area (Å²) >= 11 is 0. The van der Waals surface area contributed by atoms with Crippen LogP contribution in [0.2, 0.25) is 0 Å². The van der Waals surface area contributed by atoms with Gasteiger partial charge < -0.3 is 9.64 Å². The van der Waals surface area contributed by atoms with Crippen molar-refractivity contribution in [2.45, 2.75) is 39.4 Å². The number of aromatic nitrogens is 1. The summed E-state index contributed by atoms with van der Waals surface area (Å²) in [5.74, 6) is 0.771. The van der Waals surface area contributed by atoms with Crippen molar-refractivity contribution in [3.8, 4) is 5.88 Å². The Bertz CT molecular complexity index is 1200. The van der Waals surface area contributed by atoms with Crippen LogP contribution in [-0.4, -0.2) is 28.6 Å². The van der Waals surface area contributed by atoms with Gasteiger partial charge in [-0.15, -0.1) is 0 Å². The van der Waals surface area contributed by atoms with E-state index < -0.39 is 0 Å². The third kappa shape index (κ3) is 3.50. The first kappa shape index (κ1) is 19.5. The predicted octanol–water partition coefficient (Wildman–Crippen LogP) is 4.40. The minimum Gasteiger partial charge on any atom is -0.481 e. The zero-order valence-electron chi connectivity index (χ0n) is 18.1. The molecule has 5 rings (SSSR count). The lowest BCUT2D eigenvalue weighted by molar-refractivity contribution is -0.134. The number of fused-ring (bicyclic) bond motifs is 2. The zero-order valence-corrected chi connectivity index (χ0v) is 18.1. The molecule has 1 atom stereocenters. The molecule has 31 heavy (non-hydrogen) atoms. The number of pyridine rings is 1. The van der Waals surface area contributed by atoms with Crippen LogP contribution < -0.4 is 4.74 Å². The maximum absolute atomic E-state index is 13.0. The molecule has 1 aromatic heterocycles. The van der Waals surface area contributed by atoms with Gasteiger partial charge in [-0.3, -0.25) is 9.79 Å². The van der Waals surface area contributed by atoms with Crippen LogP contribution in [0.25, 0.3) is 0 Å². The molecule has 5 heteroatoms. The second kappa shape index (κ2) is 7.65. The number of aryl methyl sites for hydroxylation is 1. The minimum absolute atomic E-state index is 0.0349. The van der Waals surface area contributed by atoms with Gasteiger partial charge >= 0.3 is 0 Å². The minimum atomic E-state index is 0.0349. The summed E-state index contributed by atoms with van der Waals surface area (Å²) < 4.78 is 5.18. The van der Waals surface area contributed by atoms with Crippen molar-refractivity contribution in [3.63, 3.8) is 0 Å². The summed E-state index contributed by atoms with van der Waals surface area (Å²) in [6.45, 7) is 5.45. The first-order valence-electron chi connectivity index (χ1n) is 10.6. The number of aliphatic imine (C=N–C) groups is 1. The molecular weight excluding hydrogens is 386 g/mol. The normalized spacial score (nSPS) is 15.9. The number of hydrogen-bond donors (Lipinski definition) is 0. The molecule has 156 valence electrons. The van der Waals surface area contributed by atoms with Crippen molar-refractivity contribution >= 4 is 11.6 Å². The average Bonchev–Trinajstić information content (AvgIpc) is 3.19. The van der Waals surface area contributed by atoms with E-state index in [4.69, 9.17) is 9.73 Å². The van der Waals surface area contributed by atoms with Gasteiger partial charge in [0.1, 0.15) is 0 Å². The fourth-order valence-corrected chi connectivity index (χ4v) is 4.54. The van der Waals surface area contributed by atoms with Crippen LogP contribution in [0.5, 0.6) is 5.88 Å². The van der Waals surface area contributed by atoms with Crippen molar-refractivity contribution in [1.82, 2.24) is 9.88 Å². The second-order valence-corrected chi connectivity index (χ2v) is 8.32. The topological polar surface area (TPSA) is 54.8 Å². The Morgan fingerprint density at radius 1 is 1.06 bits per heavy atom. The van der Waals surface area contributed by atoms with Crippen molar-refractivity contribution in [2.75, 3.05) is 7.11 Å². The second-order valence-electron chi connectivity index (χ2n) is 8.32. The largest absolute Gasteiger partial charge is 0.481 e. The van der Waals surface area contributed by atoms with Crippen LogP contribution in [-0.2, 0) is 24.3 Å². The van der Waals surface area contributed by atoms with E-state index in [-0.39, 0.29) is 11.9 Å². The van der Waals surface area contributed by atoms with E-state index in [2.05, 4.69) is 55.2 Å². The van der Waals surface area contributed by atoms with E-state index in [0.29, 0.717) is 25.4 Å². The van der Waals surface area contributed by atoms with Crippen molar-refractivity contribution in [2.24, 2.45) is 4.99 Å². The number of nitrogens with zero attached hydrogens (tertiary/aromatic N) is 3. The quantitative estimate of drug-likeness (QED) is 0.640. The fraction of sp³-hybridized carbons (Fsp3) is 0.269. The molecule has 2 aliphatic heterocycles. The first-order valence-corrected chi connectivity index (χ1v) is 10.6. The Morgan fingerprint density at radius 3 is 2.68 bits per heavy atom. The number of rotatable bonds is 4. The Kier molecular flexibility index (Phi) is 4.81. The van der Waals surface area contributed by atoms with Gasteiger partial charge in [-0.2, -0.15) is 0 Å². The molecule has 0 saturated carbocycles. The van der Waals surface area contributed by atoms with Crippen LogP contribution in [0, 0.1) is 6.92 Å². The summed E-state index contributed by atoms with van der Waals surface area (Å²) in [4.78, 5) is 24.1. The van der Waals surface area contributed by atoms with E-state index >= 15 is 0 Å². The summed E-state index contributed by atoms with van der Waals surface area (Å²) in [6.07, 6.45) is 2.25. The van der Waals surface area contributed by atoms with Crippen LogP contribution >= 0.6 is 0 Å². The average molecular weight is 412 g/mol. The molecule has 3 aromatic rings. The number of carbonyl (C=O) groups is 1. The highest BCUT2D eigenvalue weighted by atomic mass is 16.5. The zero-order chi connectivity index (χ0) is 21.5. The lowest BCUT2D eigenvalue weighted by atomic mass is 9.90. The first-order chi connectivity index (χ1) is 15.0. The van der Waals surface area contributed by atoms with Gasteiger partial charge in [0, 0.05) is 29.9 Å². The molecule has 0 aliphatic carbocycles. The Hall–Kier alpha value is -3.47. The maximum Gasteiger partial charge on any atom is 0.227 e. The van der Waals surface area contributed by atoms with Crippen LogP contribution in [0.15, 0.2) is 59.7 Å². The SMILES string of the molecule is COc1ccc(C2=NCc3cc4c(cc32)CN([C@H](C)c2cccc(C)c2)C(=O)C4)cn1. The van der Waals surface area contributed by atoms with Crippen molar-refractivity contribution in [3.05, 3.63) is 93.7 Å². The van der Waals surface area contributed by atoms with Crippen LogP contribution in [0.3, 0.4) is 0 Å². The van der Waals surface area contributed by atoms with Crippen LogP contribution in [0.4, 0.5) is 0 Å². The Balaban J connectivity index is 1.46. The molecule has 5 nitrogen and oxygen atoms in total. The molecule has 0 bridgehead atoms. The third-order valence-electron chi connectivity index (χ3n) is 6.30. The predicted molar refractivity (Wildman–Crippen MR) is 120 cm³/mol. The molecule has 0 fully saturated rings. The molecule has 3 heterocycles. The van der Waals surface area contributed by atoms with Gasteiger partial charge in [-0.05, 0) is 48.2 Å². The molecule has 0 unspecified atom stereocenters. The number of carbonyl (C=O) groups excluding carboxylic acids is 1. The van der Waals surface area contributed by atoms with E-state index in [9.17, 15) is 4.79 Å². The van der Waals surface area contributed by atoms with Gasteiger partial charge in [0.05, 0.1) is 31.8 Å². The third-order valence-corrected chi connectivity index (χ3v) is 6.30. The van der Waals surface area contributed by atoms with Gasteiger partial charge in [-0.1, -0.05) is 35.9 Å². The van der Waals surface area contributed by atoms with Crippen molar-refractivity contribution in [1.29, 1.82) is 0 Å². The molecule has 2 aliphatic rings. The lowest BCUT2D eigenvalue weighted by Gasteiger charge is -2.34. The number of ether oxygens (including phenoxy) is 1. The molecule has 0 saturated heterocycles. The van der Waals surface area contributed by atoms with Crippen LogP contribution in [0.1, 0.15) is 51.9 Å². The number of amides is 1. The molecule has 1 amide bonds. The lowest BCUT2D eigenvalue weighted by Crippen LogP contribution is -2.38. The summed E-state index contributed by atoms with van der Waals surface area (Å²) in [5, 5.41) is 0. The van der Waals surface area contributed by atoms with E-state index in [1.54, 1.807) is 7.11 Å². The highest BCUT2D eigenvalue weighted by Crippen LogP contribution is 2.33. The highest BCUT2D eigenvalue weighted by Gasteiger charge is 2.30.